The van der Waals surface area contributed by atoms with Gasteiger partial charge in [0, 0.05) is 38.6 Å². The van der Waals surface area contributed by atoms with Gasteiger partial charge in [-0.15, -0.1) is 0 Å². The molecule has 0 bridgehead atoms. The van der Waals surface area contributed by atoms with Crippen molar-refractivity contribution in [1.82, 2.24) is 9.80 Å². The molecule has 1 aliphatic heterocycles. The predicted molar refractivity (Wildman–Crippen MR) is 78.6 cm³/mol. The summed E-state index contributed by atoms with van der Waals surface area (Å²) < 4.78 is 0. The van der Waals surface area contributed by atoms with E-state index < -0.39 is 5.97 Å². The van der Waals surface area contributed by atoms with Crippen molar-refractivity contribution < 1.29 is 14.7 Å². The Morgan fingerprint density at radius 3 is 2.05 bits per heavy atom. The highest BCUT2D eigenvalue weighted by atomic mass is 16.4. The Morgan fingerprint density at radius 1 is 1.05 bits per heavy atom. The average Bonchev–Trinajstić information content (AvgIpc) is 2.44. The van der Waals surface area contributed by atoms with E-state index in [2.05, 4.69) is 18.7 Å². The van der Waals surface area contributed by atoms with E-state index in [1.165, 1.54) is 0 Å². The van der Waals surface area contributed by atoms with Crippen molar-refractivity contribution in [3.8, 4) is 0 Å². The summed E-state index contributed by atoms with van der Waals surface area (Å²) in [5, 5.41) is 8.68. The Balaban J connectivity index is 2.39. The van der Waals surface area contributed by atoms with Gasteiger partial charge in [-0.2, -0.15) is 0 Å². The second-order valence-electron chi connectivity index (χ2n) is 5.58. The molecule has 0 saturated carbocycles. The molecule has 1 aliphatic rings. The Kier molecular flexibility index (Phi) is 7.59. The Morgan fingerprint density at radius 2 is 1.60 bits per heavy atom. The lowest BCUT2D eigenvalue weighted by molar-refractivity contribution is -0.140. The predicted octanol–water partition coefficient (Wildman–Crippen LogP) is 1.82. The molecule has 0 radical (unpaired) electrons. The molecule has 1 N–H and O–H groups in total. The summed E-state index contributed by atoms with van der Waals surface area (Å²) in [5.41, 5.74) is 0. The number of carbonyl (C=O) groups is 2. The third kappa shape index (κ3) is 5.49. The molecule has 0 aromatic rings. The molecule has 20 heavy (non-hydrogen) atoms. The molecule has 1 amide bonds. The van der Waals surface area contributed by atoms with Gasteiger partial charge in [0.1, 0.15) is 0 Å². The second-order valence-corrected chi connectivity index (χ2v) is 5.58. The van der Waals surface area contributed by atoms with Gasteiger partial charge in [0.15, 0.2) is 0 Å². The molecule has 1 saturated heterocycles. The fourth-order valence-corrected chi connectivity index (χ4v) is 2.79. The van der Waals surface area contributed by atoms with E-state index in [0.29, 0.717) is 12.5 Å². The van der Waals surface area contributed by atoms with E-state index in [1.807, 2.05) is 4.90 Å². The van der Waals surface area contributed by atoms with Crippen LogP contribution in [0.25, 0.3) is 0 Å². The van der Waals surface area contributed by atoms with Crippen molar-refractivity contribution in [2.75, 3.05) is 32.7 Å². The molecule has 116 valence electrons. The standard InChI is InChI=1S/C15H28N2O3/c1-3-5-13(6-4-2)15(20)17-11-9-16(10-12-17)8-7-14(18)19/h13H,3-12H2,1-2H3,(H,18,19). The Bertz CT molecular complexity index is 306. The molecule has 0 aliphatic carbocycles. The molecule has 0 aromatic heterocycles. The second kappa shape index (κ2) is 8.95. The number of piperazine rings is 1. The van der Waals surface area contributed by atoms with E-state index in [1.54, 1.807) is 0 Å². The van der Waals surface area contributed by atoms with Gasteiger partial charge in [0.05, 0.1) is 6.42 Å². The maximum atomic E-state index is 12.5. The number of rotatable bonds is 8. The summed E-state index contributed by atoms with van der Waals surface area (Å²) in [5.74, 6) is -0.281. The number of carboxylic acids is 1. The van der Waals surface area contributed by atoms with Crippen molar-refractivity contribution in [3.63, 3.8) is 0 Å². The fourth-order valence-electron chi connectivity index (χ4n) is 2.79. The minimum atomic E-state index is -0.755. The van der Waals surface area contributed by atoms with Crippen LogP contribution in [0.1, 0.15) is 46.0 Å². The quantitative estimate of drug-likeness (QED) is 0.738. The highest BCUT2D eigenvalue weighted by Crippen LogP contribution is 2.18. The number of hydrogen-bond donors (Lipinski definition) is 1. The lowest BCUT2D eigenvalue weighted by atomic mass is 9.96. The average molecular weight is 284 g/mol. The zero-order chi connectivity index (χ0) is 15.0. The van der Waals surface area contributed by atoms with Gasteiger partial charge in [0.25, 0.3) is 0 Å². The summed E-state index contributed by atoms with van der Waals surface area (Å²) >= 11 is 0. The minimum Gasteiger partial charge on any atom is -0.481 e. The van der Waals surface area contributed by atoms with Crippen LogP contribution in [0.4, 0.5) is 0 Å². The van der Waals surface area contributed by atoms with Crippen LogP contribution in [-0.4, -0.2) is 59.5 Å². The molecule has 0 aromatic carbocycles. The van der Waals surface area contributed by atoms with E-state index in [9.17, 15) is 9.59 Å². The molecule has 0 unspecified atom stereocenters. The van der Waals surface area contributed by atoms with Crippen LogP contribution in [0.2, 0.25) is 0 Å². The molecule has 1 heterocycles. The van der Waals surface area contributed by atoms with E-state index in [-0.39, 0.29) is 12.3 Å². The number of carbonyl (C=O) groups excluding carboxylic acids is 1. The van der Waals surface area contributed by atoms with Gasteiger partial charge in [-0.3, -0.25) is 14.5 Å². The number of aliphatic carboxylic acids is 1. The van der Waals surface area contributed by atoms with Gasteiger partial charge in [0.2, 0.25) is 5.91 Å². The van der Waals surface area contributed by atoms with Crippen LogP contribution in [0.3, 0.4) is 0 Å². The molecular formula is C15H28N2O3. The van der Waals surface area contributed by atoms with Gasteiger partial charge < -0.3 is 10.0 Å². The SMILES string of the molecule is CCCC(CCC)C(=O)N1CCN(CCC(=O)O)CC1. The fraction of sp³-hybridized carbons (Fsp3) is 0.867. The number of nitrogens with zero attached hydrogens (tertiary/aromatic N) is 2. The summed E-state index contributed by atoms with van der Waals surface area (Å²) in [6.45, 7) is 7.91. The molecule has 5 heteroatoms. The van der Waals surface area contributed by atoms with Crippen molar-refractivity contribution in [3.05, 3.63) is 0 Å². The highest BCUT2D eigenvalue weighted by Gasteiger charge is 2.26. The molecule has 0 spiro atoms. The maximum Gasteiger partial charge on any atom is 0.304 e. The first-order valence-electron chi connectivity index (χ1n) is 7.81. The van der Waals surface area contributed by atoms with Crippen LogP contribution in [0.5, 0.6) is 0 Å². The zero-order valence-electron chi connectivity index (χ0n) is 12.8. The van der Waals surface area contributed by atoms with Gasteiger partial charge in [-0.05, 0) is 12.8 Å². The maximum absolute atomic E-state index is 12.5. The first-order chi connectivity index (χ1) is 9.58. The van der Waals surface area contributed by atoms with E-state index in [0.717, 1.165) is 51.9 Å². The van der Waals surface area contributed by atoms with Crippen LogP contribution in [0, 0.1) is 5.92 Å². The normalized spacial score (nSPS) is 16.6. The molecule has 1 fully saturated rings. The van der Waals surface area contributed by atoms with E-state index in [4.69, 9.17) is 5.11 Å². The summed E-state index contributed by atoms with van der Waals surface area (Å²) in [7, 11) is 0. The van der Waals surface area contributed by atoms with Crippen LogP contribution < -0.4 is 0 Å². The van der Waals surface area contributed by atoms with Crippen molar-refractivity contribution >= 4 is 11.9 Å². The lowest BCUT2D eigenvalue weighted by Gasteiger charge is -2.36. The van der Waals surface area contributed by atoms with Crippen molar-refractivity contribution in [2.45, 2.75) is 46.0 Å². The first kappa shape index (κ1) is 17.0. The molecular weight excluding hydrogens is 256 g/mol. The van der Waals surface area contributed by atoms with Crippen LogP contribution >= 0.6 is 0 Å². The summed E-state index contributed by atoms with van der Waals surface area (Å²) in [6, 6.07) is 0. The van der Waals surface area contributed by atoms with Gasteiger partial charge >= 0.3 is 5.97 Å². The Hall–Kier alpha value is -1.10. The number of carboxylic acid groups (broad SMARTS) is 1. The van der Waals surface area contributed by atoms with Gasteiger partial charge in [-0.1, -0.05) is 26.7 Å². The molecule has 1 rings (SSSR count). The summed E-state index contributed by atoms with van der Waals surface area (Å²) in [4.78, 5) is 27.1. The lowest BCUT2D eigenvalue weighted by Crippen LogP contribution is -2.50. The summed E-state index contributed by atoms with van der Waals surface area (Å²) in [6.07, 6.45) is 4.24. The highest BCUT2D eigenvalue weighted by molar-refractivity contribution is 5.79. The smallest absolute Gasteiger partial charge is 0.304 e. The number of hydrogen-bond acceptors (Lipinski definition) is 3. The third-order valence-corrected chi connectivity index (χ3v) is 3.95. The molecule has 5 nitrogen and oxygen atoms in total. The zero-order valence-corrected chi connectivity index (χ0v) is 12.8. The van der Waals surface area contributed by atoms with Crippen LogP contribution in [0.15, 0.2) is 0 Å². The van der Waals surface area contributed by atoms with Gasteiger partial charge in [-0.25, -0.2) is 0 Å². The largest absolute Gasteiger partial charge is 0.481 e. The Labute approximate surface area is 121 Å². The minimum absolute atomic E-state index is 0.176. The van der Waals surface area contributed by atoms with Crippen molar-refractivity contribution in [2.24, 2.45) is 5.92 Å². The van der Waals surface area contributed by atoms with Crippen molar-refractivity contribution in [1.29, 1.82) is 0 Å². The first-order valence-corrected chi connectivity index (χ1v) is 7.81. The van der Waals surface area contributed by atoms with Crippen LogP contribution in [-0.2, 0) is 9.59 Å². The third-order valence-electron chi connectivity index (χ3n) is 3.95. The van der Waals surface area contributed by atoms with E-state index >= 15 is 0 Å². The monoisotopic (exact) mass is 284 g/mol. The molecule has 0 atom stereocenters. The topological polar surface area (TPSA) is 60.9 Å². The number of amides is 1.